The van der Waals surface area contributed by atoms with Crippen LogP contribution in [0.5, 0.6) is 11.6 Å². The van der Waals surface area contributed by atoms with Gasteiger partial charge < -0.3 is 14.8 Å². The number of nitrogens with one attached hydrogen (secondary N) is 1. The Morgan fingerprint density at radius 1 is 0.935 bits per heavy atom. The molecule has 0 radical (unpaired) electrons. The number of halogens is 4. The van der Waals surface area contributed by atoms with Gasteiger partial charge in [0.05, 0.1) is 17.8 Å². The Morgan fingerprint density at radius 2 is 1.68 bits per heavy atom. The van der Waals surface area contributed by atoms with E-state index in [4.69, 9.17) is 9.47 Å². The fourth-order valence-corrected chi connectivity index (χ4v) is 2.54. The molecule has 0 fully saturated rings. The molecule has 6 nitrogen and oxygen atoms in total. The molecule has 0 aliphatic heterocycles. The monoisotopic (exact) mass is 435 g/mol. The van der Waals surface area contributed by atoms with Crippen LogP contribution in [0.3, 0.4) is 0 Å². The molecular formula is C21H17F4N3O3. The maximum absolute atomic E-state index is 13.0. The normalized spacial score (nSPS) is 11.1. The lowest BCUT2D eigenvalue weighted by atomic mass is 10.1. The first-order valence-corrected chi connectivity index (χ1v) is 9.11. The van der Waals surface area contributed by atoms with Crippen molar-refractivity contribution in [2.75, 3.05) is 19.8 Å². The molecule has 10 heteroatoms. The van der Waals surface area contributed by atoms with Crippen LogP contribution in [0.1, 0.15) is 5.56 Å². The Kier molecular flexibility index (Phi) is 7.01. The summed E-state index contributed by atoms with van der Waals surface area (Å²) in [5, 5.41) is 10.3. The number of hydrogen-bond donors (Lipinski definition) is 1. The lowest BCUT2D eigenvalue weighted by Crippen LogP contribution is -2.32. The van der Waals surface area contributed by atoms with Gasteiger partial charge in [-0.25, -0.2) is 4.39 Å². The zero-order valence-electron chi connectivity index (χ0n) is 16.0. The lowest BCUT2D eigenvalue weighted by molar-refractivity contribution is -0.139. The summed E-state index contributed by atoms with van der Waals surface area (Å²) in [5.74, 6) is -1.15. The van der Waals surface area contributed by atoms with Gasteiger partial charge in [-0.15, -0.1) is 10.2 Å². The van der Waals surface area contributed by atoms with E-state index in [0.29, 0.717) is 11.3 Å². The average molecular weight is 435 g/mol. The molecule has 3 rings (SSSR count). The highest BCUT2D eigenvalue weighted by Crippen LogP contribution is 2.35. The quantitative estimate of drug-likeness (QED) is 0.430. The minimum Gasteiger partial charge on any atom is -0.483 e. The van der Waals surface area contributed by atoms with E-state index in [1.165, 1.54) is 24.3 Å². The molecule has 0 saturated carbocycles. The third kappa shape index (κ3) is 6.39. The van der Waals surface area contributed by atoms with Crippen molar-refractivity contribution in [3.05, 3.63) is 72.0 Å². The number of alkyl halides is 3. The first kappa shape index (κ1) is 22.0. The van der Waals surface area contributed by atoms with E-state index in [1.54, 1.807) is 24.3 Å². The highest BCUT2D eigenvalue weighted by Gasteiger charge is 2.34. The van der Waals surface area contributed by atoms with Gasteiger partial charge in [0.1, 0.15) is 18.2 Å². The maximum Gasteiger partial charge on any atom is 0.419 e. The van der Waals surface area contributed by atoms with Gasteiger partial charge >= 0.3 is 6.18 Å². The minimum atomic E-state index is -4.58. The van der Waals surface area contributed by atoms with Crippen molar-refractivity contribution in [3.63, 3.8) is 0 Å². The standard InChI is InChI=1S/C21H17F4N3O3/c22-15-7-5-14(6-8-15)17-9-10-20(28-27-17)30-12-11-26-19(29)13-31-18-4-2-1-3-16(18)21(23,24)25/h1-10H,11-13H2,(H,26,29). The zero-order valence-corrected chi connectivity index (χ0v) is 16.0. The van der Waals surface area contributed by atoms with Crippen molar-refractivity contribution in [2.24, 2.45) is 0 Å². The van der Waals surface area contributed by atoms with Crippen LogP contribution in [0.4, 0.5) is 17.6 Å². The number of para-hydroxylation sites is 1. The van der Waals surface area contributed by atoms with Gasteiger partial charge in [0.25, 0.3) is 5.91 Å². The summed E-state index contributed by atoms with van der Waals surface area (Å²) in [7, 11) is 0. The van der Waals surface area contributed by atoms with E-state index in [0.717, 1.165) is 12.1 Å². The molecular weight excluding hydrogens is 418 g/mol. The van der Waals surface area contributed by atoms with E-state index in [2.05, 4.69) is 15.5 Å². The van der Waals surface area contributed by atoms with E-state index >= 15 is 0 Å². The van der Waals surface area contributed by atoms with Crippen molar-refractivity contribution >= 4 is 5.91 Å². The molecule has 0 unspecified atom stereocenters. The molecule has 1 heterocycles. The zero-order chi connectivity index (χ0) is 22.3. The molecule has 1 aromatic heterocycles. The van der Waals surface area contributed by atoms with Crippen LogP contribution in [-0.4, -0.2) is 35.9 Å². The first-order valence-electron chi connectivity index (χ1n) is 9.11. The van der Waals surface area contributed by atoms with E-state index in [1.807, 2.05) is 0 Å². The van der Waals surface area contributed by atoms with Crippen LogP contribution < -0.4 is 14.8 Å². The lowest BCUT2D eigenvalue weighted by Gasteiger charge is -2.13. The molecule has 0 aliphatic carbocycles. The number of hydrogen-bond acceptors (Lipinski definition) is 5. The highest BCUT2D eigenvalue weighted by atomic mass is 19.4. The van der Waals surface area contributed by atoms with E-state index < -0.39 is 30.0 Å². The molecule has 0 bridgehead atoms. The van der Waals surface area contributed by atoms with E-state index in [-0.39, 0.29) is 24.8 Å². The Balaban J connectivity index is 1.41. The van der Waals surface area contributed by atoms with E-state index in [9.17, 15) is 22.4 Å². The molecule has 31 heavy (non-hydrogen) atoms. The second-order valence-electron chi connectivity index (χ2n) is 6.24. The van der Waals surface area contributed by atoms with Crippen molar-refractivity contribution in [1.82, 2.24) is 15.5 Å². The van der Waals surface area contributed by atoms with Gasteiger partial charge in [-0.3, -0.25) is 4.79 Å². The van der Waals surface area contributed by atoms with Crippen LogP contribution >= 0.6 is 0 Å². The Labute approximate surface area is 174 Å². The summed E-state index contributed by atoms with van der Waals surface area (Å²) >= 11 is 0. The molecule has 0 aliphatic rings. The largest absolute Gasteiger partial charge is 0.483 e. The predicted molar refractivity (Wildman–Crippen MR) is 103 cm³/mol. The summed E-state index contributed by atoms with van der Waals surface area (Å²) < 4.78 is 62.0. The SMILES string of the molecule is O=C(COc1ccccc1C(F)(F)F)NCCOc1ccc(-c2ccc(F)cc2)nn1. The van der Waals surface area contributed by atoms with Gasteiger partial charge in [0.2, 0.25) is 5.88 Å². The second kappa shape index (κ2) is 9.88. The van der Waals surface area contributed by atoms with Crippen molar-refractivity contribution in [1.29, 1.82) is 0 Å². The van der Waals surface area contributed by atoms with Crippen molar-refractivity contribution in [2.45, 2.75) is 6.18 Å². The minimum absolute atomic E-state index is 0.0649. The Hall–Kier alpha value is -3.69. The smallest absolute Gasteiger partial charge is 0.419 e. The van der Waals surface area contributed by atoms with Crippen LogP contribution in [-0.2, 0) is 11.0 Å². The fraction of sp³-hybridized carbons (Fsp3) is 0.190. The van der Waals surface area contributed by atoms with Gasteiger partial charge in [0.15, 0.2) is 6.61 Å². The summed E-state index contributed by atoms with van der Waals surface area (Å²) in [6.45, 7) is -0.417. The van der Waals surface area contributed by atoms with Gasteiger partial charge in [-0.05, 0) is 42.5 Å². The number of nitrogens with zero attached hydrogens (tertiary/aromatic N) is 2. The second-order valence-corrected chi connectivity index (χ2v) is 6.24. The average Bonchev–Trinajstić information content (AvgIpc) is 2.76. The third-order valence-corrected chi connectivity index (χ3v) is 4.01. The first-order chi connectivity index (χ1) is 14.8. The number of carbonyl (C=O) groups is 1. The van der Waals surface area contributed by atoms with Crippen molar-refractivity contribution < 1.29 is 31.8 Å². The van der Waals surface area contributed by atoms with Gasteiger partial charge in [-0.2, -0.15) is 13.2 Å². The van der Waals surface area contributed by atoms with Crippen LogP contribution in [0.2, 0.25) is 0 Å². The molecule has 3 aromatic rings. The highest BCUT2D eigenvalue weighted by molar-refractivity contribution is 5.77. The topological polar surface area (TPSA) is 73.3 Å². The maximum atomic E-state index is 13.0. The molecule has 0 atom stereocenters. The number of aromatic nitrogens is 2. The Bertz CT molecular complexity index is 1010. The molecule has 1 amide bonds. The number of carbonyl (C=O) groups excluding carboxylic acids is 1. The number of ether oxygens (including phenoxy) is 2. The summed E-state index contributed by atoms with van der Waals surface area (Å²) in [4.78, 5) is 11.8. The predicted octanol–water partition coefficient (Wildman–Crippen LogP) is 3.88. The number of rotatable bonds is 8. The molecule has 0 saturated heterocycles. The van der Waals surface area contributed by atoms with Crippen molar-refractivity contribution in [3.8, 4) is 22.9 Å². The number of amides is 1. The van der Waals surface area contributed by atoms with Gasteiger partial charge in [0, 0.05) is 11.6 Å². The van der Waals surface area contributed by atoms with Crippen LogP contribution in [0.15, 0.2) is 60.7 Å². The summed E-state index contributed by atoms with van der Waals surface area (Å²) in [6, 6.07) is 13.7. The summed E-state index contributed by atoms with van der Waals surface area (Å²) in [5.41, 5.74) is 0.283. The molecule has 1 N–H and O–H groups in total. The molecule has 0 spiro atoms. The van der Waals surface area contributed by atoms with Crippen LogP contribution in [0, 0.1) is 5.82 Å². The number of benzene rings is 2. The molecule has 2 aromatic carbocycles. The third-order valence-electron chi connectivity index (χ3n) is 4.01. The Morgan fingerprint density at radius 3 is 2.35 bits per heavy atom. The molecule has 162 valence electrons. The van der Waals surface area contributed by atoms with Crippen LogP contribution in [0.25, 0.3) is 11.3 Å². The summed E-state index contributed by atoms with van der Waals surface area (Å²) in [6.07, 6.45) is -4.58. The fourth-order valence-electron chi connectivity index (χ4n) is 2.54. The van der Waals surface area contributed by atoms with Gasteiger partial charge in [-0.1, -0.05) is 12.1 Å².